The number of aryl methyl sites for hydroxylation is 1. The molecule has 1 atom stereocenters. The molecule has 0 aliphatic carbocycles. The van der Waals surface area contributed by atoms with Crippen molar-refractivity contribution in [2.45, 2.75) is 26.3 Å². The molecular formula is C19H21ClN2O4. The predicted molar refractivity (Wildman–Crippen MR) is 98.1 cm³/mol. The van der Waals surface area contributed by atoms with Crippen molar-refractivity contribution in [3.8, 4) is 5.69 Å². The van der Waals surface area contributed by atoms with Crippen LogP contribution < -0.4 is 0 Å². The van der Waals surface area contributed by atoms with Gasteiger partial charge in [0.1, 0.15) is 0 Å². The first kappa shape index (κ1) is 18.5. The molecule has 2 aromatic rings. The summed E-state index contributed by atoms with van der Waals surface area (Å²) in [5, 5.41) is 9.75. The molecule has 2 heterocycles. The SMILES string of the molecule is Cc1cc(C(=O)N2CCOCC2CC(=O)O)c(C)n1-c1ccc(Cl)cc1. The summed E-state index contributed by atoms with van der Waals surface area (Å²) in [5.41, 5.74) is 3.24. The quantitative estimate of drug-likeness (QED) is 0.890. The van der Waals surface area contributed by atoms with E-state index in [9.17, 15) is 9.59 Å². The van der Waals surface area contributed by atoms with E-state index in [0.717, 1.165) is 17.1 Å². The van der Waals surface area contributed by atoms with Crippen molar-refractivity contribution in [2.75, 3.05) is 19.8 Å². The summed E-state index contributed by atoms with van der Waals surface area (Å²) in [5.74, 6) is -1.10. The molecule has 0 bridgehead atoms. The number of carboxylic acid groups (broad SMARTS) is 1. The molecule has 1 aliphatic rings. The Bertz CT molecular complexity index is 829. The van der Waals surface area contributed by atoms with E-state index in [4.69, 9.17) is 21.4 Å². The van der Waals surface area contributed by atoms with Gasteiger partial charge in [0.05, 0.1) is 31.2 Å². The number of nitrogens with zero attached hydrogens (tertiary/aromatic N) is 2. The first-order chi connectivity index (χ1) is 12.4. The van der Waals surface area contributed by atoms with Crippen LogP contribution in [0.3, 0.4) is 0 Å². The highest BCUT2D eigenvalue weighted by Crippen LogP contribution is 2.25. The highest BCUT2D eigenvalue weighted by molar-refractivity contribution is 6.30. The zero-order valence-corrected chi connectivity index (χ0v) is 15.5. The number of rotatable bonds is 4. The number of carbonyl (C=O) groups excluding carboxylic acids is 1. The van der Waals surface area contributed by atoms with Gasteiger partial charge in [0.15, 0.2) is 0 Å². The molecule has 0 radical (unpaired) electrons. The lowest BCUT2D eigenvalue weighted by atomic mass is 10.1. The molecule has 0 saturated carbocycles. The Balaban J connectivity index is 1.93. The number of carboxylic acids is 1. The molecule has 3 rings (SSSR count). The number of aliphatic carboxylic acids is 1. The van der Waals surface area contributed by atoms with E-state index in [-0.39, 0.29) is 18.9 Å². The molecule has 1 aromatic heterocycles. The Labute approximate surface area is 156 Å². The number of hydrogen-bond acceptors (Lipinski definition) is 3. The maximum absolute atomic E-state index is 13.1. The van der Waals surface area contributed by atoms with Crippen LogP contribution in [0.2, 0.25) is 5.02 Å². The van der Waals surface area contributed by atoms with E-state index < -0.39 is 12.0 Å². The number of hydrogen-bond donors (Lipinski definition) is 1. The summed E-state index contributed by atoms with van der Waals surface area (Å²) in [6.07, 6.45) is -0.123. The first-order valence-electron chi connectivity index (χ1n) is 8.44. The van der Waals surface area contributed by atoms with Gasteiger partial charge < -0.3 is 19.3 Å². The molecule has 6 nitrogen and oxygen atoms in total. The number of halogens is 1. The lowest BCUT2D eigenvalue weighted by Gasteiger charge is -2.34. The minimum Gasteiger partial charge on any atom is -0.481 e. The first-order valence-corrected chi connectivity index (χ1v) is 8.81. The molecule has 1 N–H and O–H groups in total. The van der Waals surface area contributed by atoms with Crippen molar-refractivity contribution in [1.82, 2.24) is 9.47 Å². The van der Waals surface area contributed by atoms with Crippen LogP contribution in [0.25, 0.3) is 5.69 Å². The minimum atomic E-state index is -0.940. The second kappa shape index (κ2) is 7.51. The Morgan fingerprint density at radius 1 is 1.27 bits per heavy atom. The number of ether oxygens (including phenoxy) is 1. The van der Waals surface area contributed by atoms with Crippen molar-refractivity contribution < 1.29 is 19.4 Å². The fourth-order valence-corrected chi connectivity index (χ4v) is 3.54. The van der Waals surface area contributed by atoms with Crippen LogP contribution in [0.1, 0.15) is 28.2 Å². The van der Waals surface area contributed by atoms with Crippen molar-refractivity contribution in [3.63, 3.8) is 0 Å². The number of aromatic nitrogens is 1. The van der Waals surface area contributed by atoms with Gasteiger partial charge >= 0.3 is 5.97 Å². The van der Waals surface area contributed by atoms with Crippen molar-refractivity contribution in [3.05, 3.63) is 52.3 Å². The summed E-state index contributed by atoms with van der Waals surface area (Å²) >= 11 is 5.96. The monoisotopic (exact) mass is 376 g/mol. The maximum atomic E-state index is 13.1. The fourth-order valence-electron chi connectivity index (χ4n) is 3.41. The molecule has 1 fully saturated rings. The van der Waals surface area contributed by atoms with E-state index in [1.54, 1.807) is 4.90 Å². The van der Waals surface area contributed by atoms with Gasteiger partial charge in [-0.15, -0.1) is 0 Å². The second-order valence-corrected chi connectivity index (χ2v) is 6.86. The minimum absolute atomic E-state index is 0.123. The summed E-state index contributed by atoms with van der Waals surface area (Å²) in [4.78, 5) is 25.8. The fraction of sp³-hybridized carbons (Fsp3) is 0.368. The second-order valence-electron chi connectivity index (χ2n) is 6.42. The van der Waals surface area contributed by atoms with Crippen LogP contribution in [-0.2, 0) is 9.53 Å². The molecular weight excluding hydrogens is 356 g/mol. The zero-order valence-electron chi connectivity index (χ0n) is 14.7. The highest BCUT2D eigenvalue weighted by atomic mass is 35.5. The molecule has 1 saturated heterocycles. The lowest BCUT2D eigenvalue weighted by molar-refractivity contribution is -0.139. The van der Waals surface area contributed by atoms with Crippen LogP contribution in [-0.4, -0.2) is 52.3 Å². The standard InChI is InChI=1S/C19H21ClN2O4/c1-12-9-17(13(2)22(12)15-5-3-14(20)4-6-15)19(25)21-7-8-26-11-16(21)10-18(23)24/h3-6,9,16H,7-8,10-11H2,1-2H3,(H,23,24). The van der Waals surface area contributed by atoms with Gasteiger partial charge in [-0.25, -0.2) is 0 Å². The average molecular weight is 377 g/mol. The van der Waals surface area contributed by atoms with E-state index >= 15 is 0 Å². The topological polar surface area (TPSA) is 71.8 Å². The van der Waals surface area contributed by atoms with Crippen molar-refractivity contribution in [1.29, 1.82) is 0 Å². The molecule has 138 valence electrons. The van der Waals surface area contributed by atoms with Crippen LogP contribution in [0.5, 0.6) is 0 Å². The molecule has 1 unspecified atom stereocenters. The van der Waals surface area contributed by atoms with Gasteiger partial charge in [-0.05, 0) is 44.2 Å². The Hall–Kier alpha value is -2.31. The Morgan fingerprint density at radius 2 is 1.96 bits per heavy atom. The van der Waals surface area contributed by atoms with Gasteiger partial charge in [-0.3, -0.25) is 9.59 Å². The summed E-state index contributed by atoms with van der Waals surface area (Å²) in [7, 11) is 0. The smallest absolute Gasteiger partial charge is 0.305 e. The average Bonchev–Trinajstić information content (AvgIpc) is 2.90. The number of carbonyl (C=O) groups is 2. The maximum Gasteiger partial charge on any atom is 0.305 e. The molecule has 1 aliphatic heterocycles. The van der Waals surface area contributed by atoms with Crippen LogP contribution in [0.15, 0.2) is 30.3 Å². The summed E-state index contributed by atoms with van der Waals surface area (Å²) < 4.78 is 7.36. The predicted octanol–water partition coefficient (Wildman–Crippen LogP) is 3.06. The molecule has 7 heteroatoms. The molecule has 1 aromatic carbocycles. The normalized spacial score (nSPS) is 17.3. The lowest BCUT2D eigenvalue weighted by Crippen LogP contribution is -2.49. The number of morpholine rings is 1. The van der Waals surface area contributed by atoms with Crippen LogP contribution in [0.4, 0.5) is 0 Å². The van der Waals surface area contributed by atoms with Gasteiger partial charge in [0, 0.05) is 28.6 Å². The van der Waals surface area contributed by atoms with Gasteiger partial charge in [-0.1, -0.05) is 11.6 Å². The molecule has 26 heavy (non-hydrogen) atoms. The van der Waals surface area contributed by atoms with Crippen LogP contribution >= 0.6 is 11.6 Å². The van der Waals surface area contributed by atoms with Gasteiger partial charge in [-0.2, -0.15) is 0 Å². The van der Waals surface area contributed by atoms with Gasteiger partial charge in [0.2, 0.25) is 0 Å². The summed E-state index contributed by atoms with van der Waals surface area (Å²) in [6, 6.07) is 8.81. The Morgan fingerprint density at radius 3 is 2.62 bits per heavy atom. The third kappa shape index (κ3) is 3.61. The van der Waals surface area contributed by atoms with Crippen molar-refractivity contribution in [2.24, 2.45) is 0 Å². The van der Waals surface area contributed by atoms with E-state index in [2.05, 4.69) is 0 Å². The molecule has 1 amide bonds. The zero-order chi connectivity index (χ0) is 18.8. The highest BCUT2D eigenvalue weighted by Gasteiger charge is 2.31. The van der Waals surface area contributed by atoms with Crippen molar-refractivity contribution >= 4 is 23.5 Å². The molecule has 0 spiro atoms. The summed E-state index contributed by atoms with van der Waals surface area (Å²) in [6.45, 7) is 4.88. The number of amides is 1. The number of benzene rings is 1. The van der Waals surface area contributed by atoms with E-state index in [0.29, 0.717) is 23.7 Å². The van der Waals surface area contributed by atoms with Gasteiger partial charge in [0.25, 0.3) is 5.91 Å². The van der Waals surface area contributed by atoms with Crippen LogP contribution in [0, 0.1) is 13.8 Å². The van der Waals surface area contributed by atoms with E-state index in [1.165, 1.54) is 0 Å². The third-order valence-electron chi connectivity index (χ3n) is 4.65. The third-order valence-corrected chi connectivity index (χ3v) is 4.90. The Kier molecular flexibility index (Phi) is 5.34. The largest absolute Gasteiger partial charge is 0.481 e. The van der Waals surface area contributed by atoms with E-state index in [1.807, 2.05) is 48.7 Å².